The summed E-state index contributed by atoms with van der Waals surface area (Å²) in [5.41, 5.74) is 4.65. The molecular formula is C27H30N2O5. The summed E-state index contributed by atoms with van der Waals surface area (Å²) in [6.45, 7) is 2.72. The zero-order valence-electron chi connectivity index (χ0n) is 19.3. The Morgan fingerprint density at radius 3 is 2.32 bits per heavy atom. The van der Waals surface area contributed by atoms with Gasteiger partial charge in [0.1, 0.15) is 6.61 Å². The van der Waals surface area contributed by atoms with Gasteiger partial charge in [-0.15, -0.1) is 0 Å². The third kappa shape index (κ3) is 5.14. The molecular weight excluding hydrogens is 432 g/mol. The van der Waals surface area contributed by atoms with Crippen molar-refractivity contribution in [2.24, 2.45) is 5.92 Å². The lowest BCUT2D eigenvalue weighted by Gasteiger charge is -2.29. The van der Waals surface area contributed by atoms with Gasteiger partial charge in [0.25, 0.3) is 0 Å². The van der Waals surface area contributed by atoms with Gasteiger partial charge >= 0.3 is 12.1 Å². The number of amides is 2. The number of alkyl carbamates (subject to hydrolysis) is 1. The molecule has 2 aromatic rings. The topological polar surface area (TPSA) is 95.9 Å². The van der Waals surface area contributed by atoms with Gasteiger partial charge in [-0.05, 0) is 42.0 Å². The molecule has 0 bridgehead atoms. The van der Waals surface area contributed by atoms with Crippen LogP contribution in [0, 0.1) is 5.92 Å². The highest BCUT2D eigenvalue weighted by Gasteiger charge is 2.31. The van der Waals surface area contributed by atoms with E-state index < -0.39 is 12.1 Å². The molecule has 0 aromatic heterocycles. The van der Waals surface area contributed by atoms with Gasteiger partial charge in [-0.3, -0.25) is 9.59 Å². The first kappa shape index (κ1) is 23.5. The Hall–Kier alpha value is -3.61. The van der Waals surface area contributed by atoms with Crippen LogP contribution in [0.3, 0.4) is 0 Å². The van der Waals surface area contributed by atoms with Crippen LogP contribution in [0.15, 0.2) is 60.7 Å². The van der Waals surface area contributed by atoms with Crippen molar-refractivity contribution >= 4 is 18.0 Å². The molecule has 0 heterocycles. The molecule has 0 radical (unpaired) electrons. The van der Waals surface area contributed by atoms with E-state index in [0.29, 0.717) is 19.4 Å². The third-order valence-electron chi connectivity index (χ3n) is 6.61. The SMILES string of the molecule is CCN(CCC(=O)O)C(=O)[C@@H]1CC=C[C@@H](NC(=O)OCC2c3ccccc3-c3ccccc32)C1. The number of allylic oxidation sites excluding steroid dienone is 1. The van der Waals surface area contributed by atoms with E-state index in [-0.39, 0.29) is 43.4 Å². The maximum atomic E-state index is 12.9. The van der Waals surface area contributed by atoms with Crippen molar-refractivity contribution in [3.8, 4) is 11.1 Å². The fourth-order valence-electron chi connectivity index (χ4n) is 4.90. The van der Waals surface area contributed by atoms with Gasteiger partial charge in [0.05, 0.1) is 12.5 Å². The van der Waals surface area contributed by atoms with Crippen LogP contribution in [0.1, 0.15) is 43.2 Å². The van der Waals surface area contributed by atoms with E-state index in [1.807, 2.05) is 43.3 Å². The number of benzene rings is 2. The fraction of sp³-hybridized carbons (Fsp3) is 0.370. The predicted molar refractivity (Wildman–Crippen MR) is 128 cm³/mol. The summed E-state index contributed by atoms with van der Waals surface area (Å²) in [5, 5.41) is 11.8. The standard InChI is InChI=1S/C27H30N2O5/c1-2-29(15-14-25(30)31)26(32)18-8-7-9-19(16-18)28-27(33)34-17-24-22-12-5-3-10-20(22)21-11-4-6-13-23(21)24/h3-7,9-13,18-19,24H,2,8,14-17H2,1H3,(H,28,33)(H,30,31)/t18-,19-/m1/s1. The molecule has 2 aliphatic carbocycles. The summed E-state index contributed by atoms with van der Waals surface area (Å²) in [5.74, 6) is -1.31. The minimum absolute atomic E-state index is 0.0123. The summed E-state index contributed by atoms with van der Waals surface area (Å²) in [7, 11) is 0. The summed E-state index contributed by atoms with van der Waals surface area (Å²) in [6.07, 6.45) is 4.23. The van der Waals surface area contributed by atoms with E-state index in [2.05, 4.69) is 29.6 Å². The molecule has 7 heteroatoms. The quantitative estimate of drug-likeness (QED) is 0.574. The van der Waals surface area contributed by atoms with Gasteiger partial charge in [-0.25, -0.2) is 4.79 Å². The molecule has 0 spiro atoms. The Balaban J connectivity index is 1.33. The maximum Gasteiger partial charge on any atom is 0.407 e. The van der Waals surface area contributed by atoms with E-state index in [4.69, 9.17) is 9.84 Å². The van der Waals surface area contributed by atoms with E-state index >= 15 is 0 Å². The number of carboxylic acid groups (broad SMARTS) is 1. The van der Waals surface area contributed by atoms with Crippen LogP contribution in [0.25, 0.3) is 11.1 Å². The second kappa shape index (κ2) is 10.5. The second-order valence-corrected chi connectivity index (χ2v) is 8.73. The van der Waals surface area contributed by atoms with Crippen LogP contribution in [-0.4, -0.2) is 53.7 Å². The largest absolute Gasteiger partial charge is 0.481 e. The zero-order chi connectivity index (χ0) is 24.1. The van der Waals surface area contributed by atoms with Gasteiger partial charge in [0.2, 0.25) is 5.91 Å². The summed E-state index contributed by atoms with van der Waals surface area (Å²) in [6, 6.07) is 16.0. The average Bonchev–Trinajstić information content (AvgIpc) is 3.17. The number of ether oxygens (including phenoxy) is 1. The third-order valence-corrected chi connectivity index (χ3v) is 6.61. The van der Waals surface area contributed by atoms with Crippen LogP contribution in [0.5, 0.6) is 0 Å². The van der Waals surface area contributed by atoms with Crippen molar-refractivity contribution in [1.82, 2.24) is 10.2 Å². The number of aliphatic carboxylic acids is 1. The highest BCUT2D eigenvalue weighted by atomic mass is 16.5. The van der Waals surface area contributed by atoms with Gasteiger partial charge in [-0.1, -0.05) is 60.7 Å². The molecule has 2 atom stereocenters. The lowest BCUT2D eigenvalue weighted by molar-refractivity contribution is -0.139. The Bertz CT molecular complexity index is 1050. The van der Waals surface area contributed by atoms with Crippen molar-refractivity contribution < 1.29 is 24.2 Å². The molecule has 2 amide bonds. The molecule has 7 nitrogen and oxygen atoms in total. The molecule has 178 valence electrons. The van der Waals surface area contributed by atoms with Crippen molar-refractivity contribution in [3.63, 3.8) is 0 Å². The van der Waals surface area contributed by atoms with Crippen LogP contribution in [0.2, 0.25) is 0 Å². The Kier molecular flexibility index (Phi) is 7.30. The smallest absolute Gasteiger partial charge is 0.407 e. The lowest BCUT2D eigenvalue weighted by Crippen LogP contribution is -2.43. The first-order valence-corrected chi connectivity index (χ1v) is 11.8. The molecule has 2 N–H and O–H groups in total. The maximum absolute atomic E-state index is 12.9. The predicted octanol–water partition coefficient (Wildman–Crippen LogP) is 4.18. The van der Waals surface area contributed by atoms with Crippen LogP contribution < -0.4 is 5.32 Å². The molecule has 2 aromatic carbocycles. The molecule has 2 aliphatic rings. The molecule has 4 rings (SSSR count). The normalized spacial score (nSPS) is 18.6. The molecule has 0 fully saturated rings. The number of carbonyl (C=O) groups is 3. The highest BCUT2D eigenvalue weighted by Crippen LogP contribution is 2.44. The number of carbonyl (C=O) groups excluding carboxylic acids is 2. The molecule has 0 aliphatic heterocycles. The van der Waals surface area contributed by atoms with Crippen LogP contribution >= 0.6 is 0 Å². The van der Waals surface area contributed by atoms with E-state index in [0.717, 1.165) is 11.1 Å². The van der Waals surface area contributed by atoms with Gasteiger partial charge in [0.15, 0.2) is 0 Å². The number of carboxylic acids is 1. The zero-order valence-corrected chi connectivity index (χ0v) is 19.3. The Labute approximate surface area is 199 Å². The first-order valence-electron chi connectivity index (χ1n) is 11.8. The second-order valence-electron chi connectivity index (χ2n) is 8.73. The average molecular weight is 463 g/mol. The Morgan fingerprint density at radius 2 is 1.71 bits per heavy atom. The molecule has 34 heavy (non-hydrogen) atoms. The van der Waals surface area contributed by atoms with Crippen molar-refractivity contribution in [2.45, 2.75) is 38.1 Å². The number of hydrogen-bond acceptors (Lipinski definition) is 4. The Morgan fingerprint density at radius 1 is 1.06 bits per heavy atom. The fourth-order valence-corrected chi connectivity index (χ4v) is 4.90. The van der Waals surface area contributed by atoms with Gasteiger partial charge in [-0.2, -0.15) is 0 Å². The van der Waals surface area contributed by atoms with E-state index in [1.54, 1.807) is 4.90 Å². The number of rotatable bonds is 8. The number of nitrogens with one attached hydrogen (secondary N) is 1. The van der Waals surface area contributed by atoms with Crippen molar-refractivity contribution in [2.75, 3.05) is 19.7 Å². The summed E-state index contributed by atoms with van der Waals surface area (Å²) >= 11 is 0. The monoisotopic (exact) mass is 462 g/mol. The van der Waals surface area contributed by atoms with Crippen molar-refractivity contribution in [3.05, 3.63) is 71.8 Å². The van der Waals surface area contributed by atoms with E-state index in [9.17, 15) is 14.4 Å². The molecule has 0 unspecified atom stereocenters. The number of hydrogen-bond donors (Lipinski definition) is 2. The van der Waals surface area contributed by atoms with Crippen LogP contribution in [-0.2, 0) is 14.3 Å². The van der Waals surface area contributed by atoms with Gasteiger partial charge in [0, 0.05) is 24.9 Å². The van der Waals surface area contributed by atoms with E-state index in [1.165, 1.54) is 11.1 Å². The highest BCUT2D eigenvalue weighted by molar-refractivity contribution is 5.80. The summed E-state index contributed by atoms with van der Waals surface area (Å²) < 4.78 is 5.63. The summed E-state index contributed by atoms with van der Waals surface area (Å²) in [4.78, 5) is 37.9. The van der Waals surface area contributed by atoms with Crippen molar-refractivity contribution in [1.29, 1.82) is 0 Å². The van der Waals surface area contributed by atoms with Gasteiger partial charge < -0.3 is 20.1 Å². The molecule has 0 saturated carbocycles. The minimum atomic E-state index is -0.926. The lowest BCUT2D eigenvalue weighted by atomic mass is 9.90. The molecule has 0 saturated heterocycles. The number of fused-ring (bicyclic) bond motifs is 3. The number of nitrogens with zero attached hydrogens (tertiary/aromatic N) is 1. The van der Waals surface area contributed by atoms with Crippen LogP contribution in [0.4, 0.5) is 4.79 Å². The first-order chi connectivity index (χ1) is 16.5. The minimum Gasteiger partial charge on any atom is -0.481 e.